The lowest BCUT2D eigenvalue weighted by molar-refractivity contribution is -0.166. The van der Waals surface area contributed by atoms with E-state index in [2.05, 4.69) is 75.5 Å². The van der Waals surface area contributed by atoms with Gasteiger partial charge >= 0.3 is 17.9 Å². The lowest BCUT2D eigenvalue weighted by atomic mass is 10.0. The molecule has 0 aromatic carbocycles. The zero-order valence-electron chi connectivity index (χ0n) is 50.8. The van der Waals surface area contributed by atoms with Gasteiger partial charge in [0.05, 0.1) is 0 Å². The van der Waals surface area contributed by atoms with Crippen LogP contribution in [0.5, 0.6) is 0 Å². The minimum Gasteiger partial charge on any atom is -0.462 e. The summed E-state index contributed by atoms with van der Waals surface area (Å²) >= 11 is 0. The van der Waals surface area contributed by atoms with E-state index in [1.807, 2.05) is 6.08 Å². The molecule has 442 valence electrons. The first-order chi connectivity index (χ1) is 37.5. The van der Waals surface area contributed by atoms with Crippen molar-refractivity contribution in [2.75, 3.05) is 13.2 Å². The van der Waals surface area contributed by atoms with E-state index in [1.54, 1.807) is 0 Å². The number of allylic oxidation sites excluding steroid dienone is 10. The van der Waals surface area contributed by atoms with E-state index in [-0.39, 0.29) is 37.5 Å². The van der Waals surface area contributed by atoms with Crippen molar-refractivity contribution in [1.82, 2.24) is 0 Å². The van der Waals surface area contributed by atoms with Crippen molar-refractivity contribution in [1.29, 1.82) is 0 Å². The highest BCUT2D eigenvalue weighted by Gasteiger charge is 2.19. The summed E-state index contributed by atoms with van der Waals surface area (Å²) in [5.41, 5.74) is 0. The van der Waals surface area contributed by atoms with Crippen LogP contribution in [0.3, 0.4) is 0 Å². The molecule has 0 aliphatic heterocycles. The fraction of sp³-hybridized carbons (Fsp3) is 0.814. The van der Waals surface area contributed by atoms with Crippen molar-refractivity contribution < 1.29 is 28.6 Å². The molecule has 0 bridgehead atoms. The van der Waals surface area contributed by atoms with Crippen molar-refractivity contribution in [3.05, 3.63) is 60.8 Å². The molecule has 76 heavy (non-hydrogen) atoms. The minimum atomic E-state index is -0.806. The first-order valence-corrected chi connectivity index (χ1v) is 33.3. The zero-order chi connectivity index (χ0) is 55.0. The molecule has 0 fully saturated rings. The molecule has 0 heterocycles. The van der Waals surface area contributed by atoms with Gasteiger partial charge in [-0.3, -0.25) is 14.4 Å². The molecule has 0 saturated heterocycles. The molecule has 6 nitrogen and oxygen atoms in total. The van der Waals surface area contributed by atoms with Crippen LogP contribution in [-0.4, -0.2) is 37.2 Å². The molecular formula is C70H126O6. The van der Waals surface area contributed by atoms with Gasteiger partial charge in [-0.25, -0.2) is 0 Å². The number of rotatable bonds is 61. The molecule has 0 radical (unpaired) electrons. The number of esters is 3. The first kappa shape index (κ1) is 73.1. The normalized spacial score (nSPS) is 12.4. The summed E-state index contributed by atoms with van der Waals surface area (Å²) < 4.78 is 16.8. The van der Waals surface area contributed by atoms with Crippen LogP contribution in [0, 0.1) is 0 Å². The molecule has 0 rings (SSSR count). The number of unbranched alkanes of at least 4 members (excludes halogenated alkanes) is 40. The van der Waals surface area contributed by atoms with Gasteiger partial charge in [0.1, 0.15) is 13.2 Å². The minimum absolute atomic E-state index is 0.0965. The average molecular weight is 1060 g/mol. The van der Waals surface area contributed by atoms with Gasteiger partial charge in [0.15, 0.2) is 6.10 Å². The van der Waals surface area contributed by atoms with Gasteiger partial charge in [-0.15, -0.1) is 0 Å². The molecule has 6 heteroatoms. The van der Waals surface area contributed by atoms with Crippen molar-refractivity contribution in [3.63, 3.8) is 0 Å². The van der Waals surface area contributed by atoms with E-state index in [4.69, 9.17) is 14.2 Å². The fourth-order valence-corrected chi connectivity index (χ4v) is 9.81. The van der Waals surface area contributed by atoms with Crippen LogP contribution < -0.4 is 0 Å². The zero-order valence-corrected chi connectivity index (χ0v) is 50.8. The Morgan fingerprint density at radius 1 is 0.276 bits per heavy atom. The number of hydrogen-bond acceptors (Lipinski definition) is 6. The summed E-state index contributed by atoms with van der Waals surface area (Å²) in [5.74, 6) is -0.973. The topological polar surface area (TPSA) is 78.9 Å². The van der Waals surface area contributed by atoms with Crippen LogP contribution in [0.25, 0.3) is 0 Å². The second-order valence-electron chi connectivity index (χ2n) is 22.4. The van der Waals surface area contributed by atoms with Crippen LogP contribution in [0.15, 0.2) is 60.8 Å². The van der Waals surface area contributed by atoms with Gasteiger partial charge in [-0.2, -0.15) is 0 Å². The van der Waals surface area contributed by atoms with E-state index in [9.17, 15) is 14.4 Å². The largest absolute Gasteiger partial charge is 0.462 e. The Bertz CT molecular complexity index is 1360. The van der Waals surface area contributed by atoms with E-state index < -0.39 is 6.10 Å². The number of carbonyl (C=O) groups is 3. The Morgan fingerprint density at radius 2 is 0.539 bits per heavy atom. The van der Waals surface area contributed by atoms with Crippen molar-refractivity contribution >= 4 is 17.9 Å². The molecule has 1 unspecified atom stereocenters. The second kappa shape index (κ2) is 64.6. The SMILES string of the molecule is CC/C=C\C/C=C\C/C=C\C/C=C\CCC(=O)OCC(COC(=O)CCCCCCCCCCCCCCCCCCCCCCCCCCCCCCC)OC(=O)CCCCCCC/C=C\CCCCCCCCC. The van der Waals surface area contributed by atoms with Crippen LogP contribution in [-0.2, 0) is 28.6 Å². The average Bonchev–Trinajstić information content (AvgIpc) is 3.42. The monoisotopic (exact) mass is 1060 g/mol. The molecule has 0 aromatic rings. The Balaban J connectivity index is 4.20. The molecule has 0 aliphatic rings. The lowest BCUT2D eigenvalue weighted by Gasteiger charge is -2.18. The molecule has 0 aliphatic carbocycles. The predicted molar refractivity (Wildman–Crippen MR) is 330 cm³/mol. The number of carbonyl (C=O) groups excluding carboxylic acids is 3. The Hall–Kier alpha value is -2.89. The maximum Gasteiger partial charge on any atom is 0.306 e. The summed E-state index contributed by atoms with van der Waals surface area (Å²) in [6, 6.07) is 0. The van der Waals surface area contributed by atoms with Gasteiger partial charge in [0.2, 0.25) is 0 Å². The molecule has 0 N–H and O–H groups in total. The highest BCUT2D eigenvalue weighted by atomic mass is 16.6. The fourth-order valence-electron chi connectivity index (χ4n) is 9.81. The van der Waals surface area contributed by atoms with Crippen molar-refractivity contribution in [2.45, 2.75) is 354 Å². The van der Waals surface area contributed by atoms with Gasteiger partial charge in [-0.05, 0) is 70.6 Å². The van der Waals surface area contributed by atoms with Crippen molar-refractivity contribution in [2.24, 2.45) is 0 Å². The molecule has 0 amide bonds. The molecule has 0 spiro atoms. The van der Waals surface area contributed by atoms with Gasteiger partial charge in [0, 0.05) is 19.3 Å². The maximum atomic E-state index is 12.9. The first-order valence-electron chi connectivity index (χ1n) is 33.3. The third-order valence-corrected chi connectivity index (χ3v) is 14.8. The van der Waals surface area contributed by atoms with Crippen LogP contribution in [0.2, 0.25) is 0 Å². The summed E-state index contributed by atoms with van der Waals surface area (Å²) in [6.45, 7) is 6.50. The summed E-state index contributed by atoms with van der Waals surface area (Å²) in [6.07, 6.45) is 82.8. The van der Waals surface area contributed by atoms with E-state index in [1.165, 1.54) is 225 Å². The Morgan fingerprint density at radius 3 is 0.882 bits per heavy atom. The molecular weight excluding hydrogens is 937 g/mol. The summed E-state index contributed by atoms with van der Waals surface area (Å²) in [5, 5.41) is 0. The lowest BCUT2D eigenvalue weighted by Crippen LogP contribution is -2.30. The van der Waals surface area contributed by atoms with Gasteiger partial charge < -0.3 is 14.2 Å². The standard InChI is InChI=1S/C70H126O6/c1-4-7-10-13-16-19-22-25-27-29-30-31-32-33-34-35-36-37-38-39-40-41-43-45-48-51-54-57-60-63-69(72)75-66-67(65-74-68(71)62-59-56-53-50-47-44-24-21-18-15-12-9-6-3)76-70(73)64-61-58-55-52-49-46-42-28-26-23-20-17-14-11-8-5-2/h9,12,18,21,28,42,44,47,53,56,67H,4-8,10-11,13-17,19-20,22-27,29-41,43,45-46,48-52,54-55,57-66H2,1-3H3/b12-9-,21-18-,42-28-,47-44-,56-53-. The number of hydrogen-bond donors (Lipinski definition) is 0. The van der Waals surface area contributed by atoms with Gasteiger partial charge in [-0.1, -0.05) is 319 Å². The number of ether oxygens (including phenoxy) is 3. The molecule has 0 aromatic heterocycles. The van der Waals surface area contributed by atoms with E-state index >= 15 is 0 Å². The highest BCUT2D eigenvalue weighted by Crippen LogP contribution is 2.18. The second-order valence-corrected chi connectivity index (χ2v) is 22.4. The third-order valence-electron chi connectivity index (χ3n) is 14.8. The van der Waals surface area contributed by atoms with Crippen LogP contribution >= 0.6 is 0 Å². The van der Waals surface area contributed by atoms with E-state index in [0.717, 1.165) is 77.0 Å². The summed E-state index contributed by atoms with van der Waals surface area (Å²) in [7, 11) is 0. The smallest absolute Gasteiger partial charge is 0.306 e. The van der Waals surface area contributed by atoms with E-state index in [0.29, 0.717) is 19.3 Å². The van der Waals surface area contributed by atoms with Crippen molar-refractivity contribution in [3.8, 4) is 0 Å². The van der Waals surface area contributed by atoms with Crippen LogP contribution in [0.1, 0.15) is 348 Å². The molecule has 0 saturated carbocycles. The third kappa shape index (κ3) is 62.0. The maximum absolute atomic E-state index is 12.9. The van der Waals surface area contributed by atoms with Gasteiger partial charge in [0.25, 0.3) is 0 Å². The Labute approximate surface area is 472 Å². The Kier molecular flexibility index (Phi) is 62.2. The predicted octanol–water partition coefficient (Wildman–Crippen LogP) is 22.7. The summed E-state index contributed by atoms with van der Waals surface area (Å²) in [4.78, 5) is 38.2. The highest BCUT2D eigenvalue weighted by molar-refractivity contribution is 5.71. The quantitative estimate of drug-likeness (QED) is 0.0261. The van der Waals surface area contributed by atoms with Crippen LogP contribution in [0.4, 0.5) is 0 Å². The molecule has 1 atom stereocenters.